The number of anilines is 1. The van der Waals surface area contributed by atoms with Gasteiger partial charge in [0.1, 0.15) is 5.69 Å². The number of benzene rings is 1. The van der Waals surface area contributed by atoms with Crippen molar-refractivity contribution >= 4 is 23.1 Å². The van der Waals surface area contributed by atoms with E-state index in [0.29, 0.717) is 16.6 Å². The minimum absolute atomic E-state index is 0.0833. The summed E-state index contributed by atoms with van der Waals surface area (Å²) in [4.78, 5) is 22.4. The van der Waals surface area contributed by atoms with Gasteiger partial charge in [-0.05, 0) is 30.3 Å². The second-order valence-electron chi connectivity index (χ2n) is 4.04. The van der Waals surface area contributed by atoms with Crippen LogP contribution in [0.1, 0.15) is 13.3 Å². The van der Waals surface area contributed by atoms with Gasteiger partial charge in [-0.2, -0.15) is 0 Å². The Balaban J connectivity index is 2.29. The molecule has 0 aliphatic heterocycles. The molecule has 0 spiro atoms. The molecule has 0 amide bonds. The summed E-state index contributed by atoms with van der Waals surface area (Å²) in [5.41, 5.74) is 5.30. The first-order chi connectivity index (χ1) is 9.52. The number of aromatic amines is 1. The molecule has 0 saturated carbocycles. The van der Waals surface area contributed by atoms with Gasteiger partial charge in [-0.25, -0.2) is 9.89 Å². The van der Waals surface area contributed by atoms with Gasteiger partial charge in [-0.15, -0.1) is 5.10 Å². The maximum atomic E-state index is 11.5. The molecule has 0 aliphatic rings. The summed E-state index contributed by atoms with van der Waals surface area (Å²) < 4.78 is 1.52. The Hall–Kier alpha value is -2.29. The van der Waals surface area contributed by atoms with Crippen molar-refractivity contribution in [3.63, 3.8) is 0 Å². The fourth-order valence-corrected chi connectivity index (χ4v) is 2.58. The van der Waals surface area contributed by atoms with Gasteiger partial charge in [0, 0.05) is 17.5 Å². The number of nitro benzene ring substituents is 1. The van der Waals surface area contributed by atoms with E-state index < -0.39 is 4.92 Å². The van der Waals surface area contributed by atoms with Crippen LogP contribution in [0, 0.1) is 10.1 Å². The third-order valence-electron chi connectivity index (χ3n) is 2.58. The molecule has 1 aromatic carbocycles. The van der Waals surface area contributed by atoms with Crippen LogP contribution >= 0.6 is 11.8 Å². The molecule has 3 N–H and O–H groups in total. The van der Waals surface area contributed by atoms with Crippen LogP contribution < -0.4 is 11.4 Å². The summed E-state index contributed by atoms with van der Waals surface area (Å²) in [6.07, 6.45) is 0.801. The Labute approximate surface area is 118 Å². The van der Waals surface area contributed by atoms with Gasteiger partial charge >= 0.3 is 5.69 Å². The number of aromatic nitrogens is 3. The number of rotatable bonds is 5. The third-order valence-corrected chi connectivity index (χ3v) is 3.56. The molecule has 2 aromatic rings. The number of nitrogens with zero attached hydrogens (tertiary/aromatic N) is 3. The molecule has 1 heterocycles. The van der Waals surface area contributed by atoms with Crippen molar-refractivity contribution in [1.29, 1.82) is 0 Å². The number of nitro groups is 1. The minimum atomic E-state index is -0.536. The molecular weight excluding hydrogens is 282 g/mol. The maximum absolute atomic E-state index is 11.5. The summed E-state index contributed by atoms with van der Waals surface area (Å²) in [6.45, 7) is 2.51. The van der Waals surface area contributed by atoms with E-state index in [1.165, 1.54) is 28.5 Å². The lowest BCUT2D eigenvalue weighted by Gasteiger charge is -2.04. The Morgan fingerprint density at radius 3 is 2.90 bits per heavy atom. The van der Waals surface area contributed by atoms with Crippen LogP contribution in [-0.4, -0.2) is 19.7 Å². The average Bonchev–Trinajstić information content (AvgIpc) is 2.72. The predicted octanol–water partition coefficient (Wildman–Crippen LogP) is 1.62. The highest BCUT2D eigenvalue weighted by Crippen LogP contribution is 2.31. The smallest absolute Gasteiger partial charge is 0.343 e. The third kappa shape index (κ3) is 2.82. The Kier molecular flexibility index (Phi) is 4.08. The highest BCUT2D eigenvalue weighted by molar-refractivity contribution is 7.99. The molecule has 1 aromatic heterocycles. The van der Waals surface area contributed by atoms with Gasteiger partial charge in [-0.3, -0.25) is 14.7 Å². The van der Waals surface area contributed by atoms with Gasteiger partial charge < -0.3 is 5.73 Å². The van der Waals surface area contributed by atoms with E-state index in [-0.39, 0.29) is 17.1 Å². The summed E-state index contributed by atoms with van der Waals surface area (Å²) >= 11 is 1.23. The lowest BCUT2D eigenvalue weighted by atomic mass is 10.3. The predicted molar refractivity (Wildman–Crippen MR) is 74.8 cm³/mol. The van der Waals surface area contributed by atoms with Crippen LogP contribution in [0.3, 0.4) is 0 Å². The molecular formula is C11H13N5O3S. The van der Waals surface area contributed by atoms with Crippen molar-refractivity contribution in [2.45, 2.75) is 29.9 Å². The zero-order chi connectivity index (χ0) is 14.7. The largest absolute Gasteiger partial charge is 0.393 e. The SMILES string of the molecule is CCCn1c(Sc2ccc([N+](=O)[O-])c(N)c2)n[nH]c1=O. The number of H-pyrrole nitrogens is 1. The van der Waals surface area contributed by atoms with Crippen molar-refractivity contribution < 1.29 is 4.92 Å². The van der Waals surface area contributed by atoms with Crippen molar-refractivity contribution in [3.8, 4) is 0 Å². The quantitative estimate of drug-likeness (QED) is 0.491. The highest BCUT2D eigenvalue weighted by Gasteiger charge is 2.14. The molecule has 20 heavy (non-hydrogen) atoms. The van der Waals surface area contributed by atoms with Crippen LogP contribution in [0.25, 0.3) is 0 Å². The molecule has 2 rings (SSSR count). The summed E-state index contributed by atoms with van der Waals surface area (Å²) in [7, 11) is 0. The Morgan fingerprint density at radius 2 is 2.30 bits per heavy atom. The molecule has 0 radical (unpaired) electrons. The van der Waals surface area contributed by atoms with E-state index in [2.05, 4.69) is 10.2 Å². The van der Waals surface area contributed by atoms with Crippen molar-refractivity contribution in [2.75, 3.05) is 5.73 Å². The summed E-state index contributed by atoms with van der Waals surface area (Å²) in [5.74, 6) is 0. The minimum Gasteiger partial charge on any atom is -0.393 e. The molecule has 0 aliphatic carbocycles. The number of nitrogens with two attached hydrogens (primary N) is 1. The lowest BCUT2D eigenvalue weighted by molar-refractivity contribution is -0.383. The van der Waals surface area contributed by atoms with E-state index in [4.69, 9.17) is 5.73 Å². The molecule has 0 saturated heterocycles. The van der Waals surface area contributed by atoms with Gasteiger partial charge in [0.05, 0.1) is 4.92 Å². The van der Waals surface area contributed by atoms with Gasteiger partial charge in [0.25, 0.3) is 5.69 Å². The monoisotopic (exact) mass is 295 g/mol. The zero-order valence-corrected chi connectivity index (χ0v) is 11.5. The van der Waals surface area contributed by atoms with Gasteiger partial charge in [-0.1, -0.05) is 6.92 Å². The second-order valence-corrected chi connectivity index (χ2v) is 5.08. The first-order valence-electron chi connectivity index (χ1n) is 5.90. The number of nitrogens with one attached hydrogen (secondary N) is 1. The number of hydrogen-bond donors (Lipinski definition) is 2. The Morgan fingerprint density at radius 1 is 1.55 bits per heavy atom. The standard InChI is InChI=1S/C11H13N5O3S/c1-2-5-15-10(17)13-14-11(15)20-7-3-4-9(16(18)19)8(12)6-7/h3-4,6H,2,5,12H2,1H3,(H,13,17). The molecule has 0 unspecified atom stereocenters. The second kappa shape index (κ2) is 5.78. The highest BCUT2D eigenvalue weighted by atomic mass is 32.2. The van der Waals surface area contributed by atoms with E-state index in [0.717, 1.165) is 6.42 Å². The molecule has 9 heteroatoms. The van der Waals surface area contributed by atoms with E-state index in [1.807, 2.05) is 6.92 Å². The molecule has 106 valence electrons. The fourth-order valence-electron chi connectivity index (χ4n) is 1.67. The van der Waals surface area contributed by atoms with E-state index in [1.54, 1.807) is 6.07 Å². The molecule has 0 atom stereocenters. The molecule has 8 nitrogen and oxygen atoms in total. The van der Waals surface area contributed by atoms with Gasteiger partial charge in [0.2, 0.25) is 0 Å². The van der Waals surface area contributed by atoms with Crippen LogP contribution in [0.15, 0.2) is 33.0 Å². The summed E-state index contributed by atoms with van der Waals surface area (Å²) in [5, 5.41) is 17.5. The van der Waals surface area contributed by atoms with Crippen LogP contribution in [0.2, 0.25) is 0 Å². The van der Waals surface area contributed by atoms with Gasteiger partial charge in [0.15, 0.2) is 5.16 Å². The van der Waals surface area contributed by atoms with E-state index in [9.17, 15) is 14.9 Å². The number of nitrogen functional groups attached to an aromatic ring is 1. The fraction of sp³-hybridized carbons (Fsp3) is 0.273. The van der Waals surface area contributed by atoms with Crippen LogP contribution in [0.4, 0.5) is 11.4 Å². The zero-order valence-electron chi connectivity index (χ0n) is 10.7. The Bertz CT molecular complexity index is 694. The van der Waals surface area contributed by atoms with Crippen molar-refractivity contribution in [2.24, 2.45) is 0 Å². The van der Waals surface area contributed by atoms with Crippen LogP contribution in [-0.2, 0) is 6.54 Å². The molecule has 0 bridgehead atoms. The average molecular weight is 295 g/mol. The van der Waals surface area contributed by atoms with Crippen molar-refractivity contribution in [1.82, 2.24) is 14.8 Å². The summed E-state index contributed by atoms with van der Waals surface area (Å²) in [6, 6.07) is 4.42. The maximum Gasteiger partial charge on any atom is 0.343 e. The number of hydrogen-bond acceptors (Lipinski definition) is 6. The molecule has 0 fully saturated rings. The van der Waals surface area contributed by atoms with E-state index >= 15 is 0 Å². The first kappa shape index (κ1) is 14.1. The van der Waals surface area contributed by atoms with Crippen molar-refractivity contribution in [3.05, 3.63) is 38.8 Å². The lowest BCUT2D eigenvalue weighted by Crippen LogP contribution is -2.17. The normalized spacial score (nSPS) is 10.7. The topological polar surface area (TPSA) is 120 Å². The first-order valence-corrected chi connectivity index (χ1v) is 6.71. The van der Waals surface area contributed by atoms with Crippen LogP contribution in [0.5, 0.6) is 0 Å².